The molecule has 4 aliphatic heterocycles. The van der Waals surface area contributed by atoms with Crippen molar-refractivity contribution in [2.24, 2.45) is 23.7 Å². The highest BCUT2D eigenvalue weighted by Crippen LogP contribution is 2.60. The molecule has 2 amide bonds. The van der Waals surface area contributed by atoms with Gasteiger partial charge in [-0.15, -0.1) is 0 Å². The second-order valence-electron chi connectivity index (χ2n) is 9.94. The fourth-order valence-electron chi connectivity index (χ4n) is 6.16. The number of hydrazine groups is 1. The monoisotopic (exact) mass is 468 g/mol. The van der Waals surface area contributed by atoms with E-state index in [-0.39, 0.29) is 23.3 Å². The van der Waals surface area contributed by atoms with Crippen LogP contribution in [0.15, 0.2) is 24.3 Å². The third kappa shape index (κ3) is 3.37. The van der Waals surface area contributed by atoms with Crippen LogP contribution in [0.3, 0.4) is 0 Å². The van der Waals surface area contributed by atoms with Gasteiger partial charge in [-0.25, -0.2) is 14.8 Å². The van der Waals surface area contributed by atoms with Crippen molar-refractivity contribution in [2.75, 3.05) is 0 Å². The molecule has 6 rings (SSSR count). The highest BCUT2D eigenvalue weighted by molar-refractivity contribution is 5.95. The van der Waals surface area contributed by atoms with Gasteiger partial charge in [0.2, 0.25) is 11.7 Å². The van der Waals surface area contributed by atoms with Crippen molar-refractivity contribution in [1.29, 1.82) is 0 Å². The largest absolute Gasteiger partial charge is 0.416 e. The Hall–Kier alpha value is -2.17. The lowest BCUT2D eigenvalue weighted by Crippen LogP contribution is -2.77. The SMILES string of the molecule is C[C@@H]1CC[C@H]2[C@@H](C)C(=O)N(NC(=O)c3ccc(C(F)(F)F)cc3)[C@@H]3O[C@@]4(C)CC[C@@H]1[C@@]23OO4. The van der Waals surface area contributed by atoms with Crippen LogP contribution in [-0.4, -0.2) is 34.4 Å². The summed E-state index contributed by atoms with van der Waals surface area (Å²) in [5.41, 5.74) is 0.811. The minimum Gasteiger partial charge on any atom is -0.319 e. The van der Waals surface area contributed by atoms with Crippen LogP contribution in [0, 0.1) is 23.7 Å². The van der Waals surface area contributed by atoms with Crippen LogP contribution in [-0.2, 0) is 25.5 Å². The first-order valence-corrected chi connectivity index (χ1v) is 11.3. The molecule has 1 N–H and O–H groups in total. The molecular weight excluding hydrogens is 441 g/mol. The summed E-state index contributed by atoms with van der Waals surface area (Å²) in [4.78, 5) is 38.2. The number of hydrogen-bond donors (Lipinski definition) is 1. The first-order valence-electron chi connectivity index (χ1n) is 11.3. The number of carbonyl (C=O) groups is 2. The molecule has 7 atom stereocenters. The maximum Gasteiger partial charge on any atom is 0.416 e. The van der Waals surface area contributed by atoms with E-state index in [1.807, 2.05) is 6.92 Å². The molecule has 0 radical (unpaired) electrons. The van der Waals surface area contributed by atoms with E-state index < -0.39 is 41.2 Å². The van der Waals surface area contributed by atoms with Gasteiger partial charge in [0.25, 0.3) is 5.91 Å². The summed E-state index contributed by atoms with van der Waals surface area (Å²) >= 11 is 0. The van der Waals surface area contributed by atoms with Gasteiger partial charge in [-0.05, 0) is 62.3 Å². The number of nitrogens with zero attached hydrogens (tertiary/aromatic N) is 1. The molecule has 180 valence electrons. The average Bonchev–Trinajstić information content (AvgIpc) is 3.00. The number of fused-ring (bicyclic) bond motifs is 2. The molecule has 5 fully saturated rings. The van der Waals surface area contributed by atoms with E-state index in [9.17, 15) is 22.8 Å². The molecule has 0 aromatic heterocycles. The maximum absolute atomic E-state index is 13.4. The second-order valence-corrected chi connectivity index (χ2v) is 9.94. The smallest absolute Gasteiger partial charge is 0.319 e. The number of halogens is 3. The lowest BCUT2D eigenvalue weighted by Gasteiger charge is -2.61. The van der Waals surface area contributed by atoms with Gasteiger partial charge in [-0.3, -0.25) is 15.0 Å². The average molecular weight is 468 g/mol. The third-order valence-corrected chi connectivity index (χ3v) is 7.96. The van der Waals surface area contributed by atoms with E-state index in [2.05, 4.69) is 12.3 Å². The number of ether oxygens (including phenoxy) is 1. The molecule has 1 aromatic carbocycles. The second kappa shape index (κ2) is 7.41. The molecule has 10 heteroatoms. The number of hydrogen-bond acceptors (Lipinski definition) is 5. The quantitative estimate of drug-likeness (QED) is 0.663. The van der Waals surface area contributed by atoms with Gasteiger partial charge in [-0.1, -0.05) is 13.8 Å². The Morgan fingerprint density at radius 2 is 1.79 bits per heavy atom. The van der Waals surface area contributed by atoms with Crippen LogP contribution in [0.25, 0.3) is 0 Å². The van der Waals surface area contributed by atoms with Crippen molar-refractivity contribution in [1.82, 2.24) is 10.4 Å². The maximum atomic E-state index is 13.4. The van der Waals surface area contributed by atoms with Gasteiger partial charge in [0.1, 0.15) is 0 Å². The fraction of sp³-hybridized carbons (Fsp3) is 0.652. The van der Waals surface area contributed by atoms with E-state index >= 15 is 0 Å². The molecule has 1 aromatic rings. The minimum atomic E-state index is -4.51. The van der Waals surface area contributed by atoms with Crippen LogP contribution in [0.2, 0.25) is 0 Å². The highest BCUT2D eigenvalue weighted by atomic mass is 19.4. The van der Waals surface area contributed by atoms with Crippen LogP contribution in [0.1, 0.15) is 62.4 Å². The predicted octanol–water partition coefficient (Wildman–Crippen LogP) is 4.04. The zero-order valence-corrected chi connectivity index (χ0v) is 18.6. The van der Waals surface area contributed by atoms with Gasteiger partial charge in [0, 0.05) is 23.8 Å². The molecule has 4 heterocycles. The van der Waals surface area contributed by atoms with Gasteiger partial charge < -0.3 is 4.74 Å². The van der Waals surface area contributed by atoms with E-state index in [1.165, 1.54) is 5.01 Å². The zero-order chi connectivity index (χ0) is 23.8. The van der Waals surface area contributed by atoms with Crippen molar-refractivity contribution in [3.8, 4) is 0 Å². The molecule has 1 spiro atoms. The number of piperidine rings is 1. The summed E-state index contributed by atoms with van der Waals surface area (Å²) in [5.74, 6) is -2.32. The van der Waals surface area contributed by atoms with Crippen LogP contribution in [0.5, 0.6) is 0 Å². The van der Waals surface area contributed by atoms with Gasteiger partial charge in [0.05, 0.1) is 5.56 Å². The first kappa shape index (κ1) is 22.6. The Morgan fingerprint density at radius 1 is 1.09 bits per heavy atom. The summed E-state index contributed by atoms with van der Waals surface area (Å²) in [6.07, 6.45) is -2.31. The summed E-state index contributed by atoms with van der Waals surface area (Å²) in [5, 5.41) is 1.18. The molecule has 1 aliphatic carbocycles. The molecule has 2 bridgehead atoms. The summed E-state index contributed by atoms with van der Waals surface area (Å²) < 4.78 is 44.9. The van der Waals surface area contributed by atoms with Crippen molar-refractivity contribution < 1.29 is 37.3 Å². The normalized spacial score (nSPS) is 40.2. The van der Waals surface area contributed by atoms with E-state index in [0.717, 1.165) is 43.5 Å². The van der Waals surface area contributed by atoms with Crippen molar-refractivity contribution >= 4 is 11.8 Å². The number of amides is 2. The number of carbonyl (C=O) groups excluding carboxylic acids is 2. The summed E-state index contributed by atoms with van der Waals surface area (Å²) in [6.45, 7) is 5.71. The lowest BCUT2D eigenvalue weighted by atomic mass is 9.57. The van der Waals surface area contributed by atoms with Crippen molar-refractivity contribution in [3.63, 3.8) is 0 Å². The number of nitrogens with one attached hydrogen (secondary N) is 1. The highest BCUT2D eigenvalue weighted by Gasteiger charge is 2.71. The van der Waals surface area contributed by atoms with Crippen LogP contribution in [0.4, 0.5) is 13.2 Å². The Bertz CT molecular complexity index is 970. The van der Waals surface area contributed by atoms with E-state index in [4.69, 9.17) is 14.5 Å². The first-order chi connectivity index (χ1) is 15.5. The van der Waals surface area contributed by atoms with Crippen molar-refractivity contribution in [2.45, 2.75) is 70.2 Å². The molecule has 7 nitrogen and oxygen atoms in total. The van der Waals surface area contributed by atoms with E-state index in [1.54, 1.807) is 6.92 Å². The standard InChI is InChI=1S/C23H27F3N2O5/c1-12-4-9-17-13(2)19(30)28(20-22(17)16(12)10-11-21(3,31-20)32-33-22)27-18(29)14-5-7-15(8-6-14)23(24,25)26/h5-8,12-13,16-17,20H,4,9-11H2,1-3H3,(H,27,29)/t12-,13-,16+,17+,20-,21-,22-/m1/s1. The Morgan fingerprint density at radius 3 is 2.45 bits per heavy atom. The van der Waals surface area contributed by atoms with E-state index in [0.29, 0.717) is 12.3 Å². The molecule has 4 saturated heterocycles. The molecular formula is C23H27F3N2O5. The van der Waals surface area contributed by atoms with Gasteiger partial charge >= 0.3 is 6.18 Å². The Kier molecular flexibility index (Phi) is 5.08. The number of rotatable bonds is 2. The van der Waals surface area contributed by atoms with Crippen LogP contribution < -0.4 is 5.43 Å². The van der Waals surface area contributed by atoms with Crippen LogP contribution >= 0.6 is 0 Å². The molecule has 1 saturated carbocycles. The molecule has 0 unspecified atom stereocenters. The fourth-order valence-corrected chi connectivity index (χ4v) is 6.16. The molecule has 5 aliphatic rings. The Labute approximate surface area is 189 Å². The third-order valence-electron chi connectivity index (χ3n) is 7.96. The van der Waals surface area contributed by atoms with Gasteiger partial charge in [0.15, 0.2) is 11.8 Å². The topological polar surface area (TPSA) is 77.1 Å². The zero-order valence-electron chi connectivity index (χ0n) is 18.6. The number of alkyl halides is 3. The number of benzene rings is 1. The summed E-state index contributed by atoms with van der Waals surface area (Å²) in [7, 11) is 0. The minimum absolute atomic E-state index is 0.00111. The molecule has 33 heavy (non-hydrogen) atoms. The Balaban J connectivity index is 1.49. The lowest BCUT2D eigenvalue weighted by molar-refractivity contribution is -0.549. The van der Waals surface area contributed by atoms with Gasteiger partial charge in [-0.2, -0.15) is 13.2 Å². The predicted molar refractivity (Wildman–Crippen MR) is 108 cm³/mol. The summed E-state index contributed by atoms with van der Waals surface area (Å²) in [6, 6.07) is 3.85. The van der Waals surface area contributed by atoms with Crippen molar-refractivity contribution in [3.05, 3.63) is 35.4 Å².